The lowest BCUT2D eigenvalue weighted by molar-refractivity contribution is 0.883. The Morgan fingerprint density at radius 1 is 0.429 bits per heavy atom. The number of unbranched alkanes of at least 4 members (excludes halogenated alkanes) is 3. The van der Waals surface area contributed by atoms with Crippen LogP contribution >= 0.6 is 33.7 Å². The molecule has 0 aromatic carbocycles. The molecule has 0 aromatic heterocycles. The topological polar surface area (TPSA) is 0 Å². The molecule has 0 bridgehead atoms. The third kappa shape index (κ3) is 35.2. The van der Waals surface area contributed by atoms with Crippen LogP contribution in [0.5, 0.6) is 0 Å². The molecule has 0 aliphatic heterocycles. The molecule has 0 aromatic rings. The van der Waals surface area contributed by atoms with E-state index in [0.29, 0.717) is 23.8 Å². The fourth-order valence-electron chi connectivity index (χ4n) is 2.75. The van der Waals surface area contributed by atoms with Crippen molar-refractivity contribution in [2.75, 3.05) is 56.5 Å². The second-order valence-corrected chi connectivity index (χ2v) is 16.1. The van der Waals surface area contributed by atoms with Gasteiger partial charge < -0.3 is 0 Å². The molecule has 0 nitrogen and oxygen atoms in total. The van der Waals surface area contributed by atoms with E-state index in [1.165, 1.54) is 94.5 Å². The first-order valence-corrected chi connectivity index (χ1v) is 18.3. The lowest BCUT2D eigenvalue weighted by atomic mass is 10.4. The minimum atomic E-state index is 0. The number of rotatable bonds is 15. The van der Waals surface area contributed by atoms with Gasteiger partial charge in [0.2, 0.25) is 0 Å². The molecular formula is C24H60P4. The minimum Gasteiger partial charge on any atom is -0.153 e. The fourth-order valence-corrected chi connectivity index (χ4v) is 8.24. The van der Waals surface area contributed by atoms with E-state index in [4.69, 9.17) is 0 Å². The maximum atomic E-state index is 2.34. The SMILES string of the molecule is CCCCP(C)C.CCCCP(CC)CC.CCCCP(CCC)CCC.P. The summed E-state index contributed by atoms with van der Waals surface area (Å²) in [6.07, 6.45) is 21.7. The summed E-state index contributed by atoms with van der Waals surface area (Å²) in [6, 6.07) is 0. The van der Waals surface area contributed by atoms with Crippen LogP contribution in [0, 0.1) is 0 Å². The molecular weight excluding hydrogens is 412 g/mol. The molecule has 176 valence electrons. The van der Waals surface area contributed by atoms with Crippen molar-refractivity contribution in [2.24, 2.45) is 0 Å². The fraction of sp³-hybridized carbons (Fsp3) is 1.00. The van der Waals surface area contributed by atoms with Crippen molar-refractivity contribution < 1.29 is 0 Å². The van der Waals surface area contributed by atoms with E-state index in [2.05, 4.69) is 61.8 Å². The van der Waals surface area contributed by atoms with Gasteiger partial charge in [0.1, 0.15) is 0 Å². The highest BCUT2D eigenvalue weighted by Crippen LogP contribution is 2.37. The van der Waals surface area contributed by atoms with Crippen molar-refractivity contribution in [3.05, 3.63) is 0 Å². The molecule has 1 atom stereocenters. The van der Waals surface area contributed by atoms with E-state index in [9.17, 15) is 0 Å². The zero-order valence-electron chi connectivity index (χ0n) is 21.7. The van der Waals surface area contributed by atoms with Crippen LogP contribution in [0.3, 0.4) is 0 Å². The molecule has 0 spiro atoms. The largest absolute Gasteiger partial charge is 0.153 e. The number of hydrogen-bond acceptors (Lipinski definition) is 0. The molecule has 0 heterocycles. The molecule has 0 fully saturated rings. The molecule has 0 saturated heterocycles. The first-order chi connectivity index (χ1) is 13.0. The van der Waals surface area contributed by atoms with Gasteiger partial charge in [0, 0.05) is 0 Å². The highest BCUT2D eigenvalue weighted by molar-refractivity contribution is 7.57. The lowest BCUT2D eigenvalue weighted by Crippen LogP contribution is -1.93. The van der Waals surface area contributed by atoms with Crippen molar-refractivity contribution in [3.63, 3.8) is 0 Å². The predicted octanol–water partition coefficient (Wildman–Crippen LogP) is 9.98. The Kier molecular flexibility index (Phi) is 44.2. The Balaban J connectivity index is -0.000000155. The Labute approximate surface area is 189 Å². The van der Waals surface area contributed by atoms with Crippen LogP contribution in [0.2, 0.25) is 0 Å². The molecule has 0 aliphatic carbocycles. The van der Waals surface area contributed by atoms with E-state index in [1.807, 2.05) is 0 Å². The molecule has 0 amide bonds. The van der Waals surface area contributed by atoms with Crippen molar-refractivity contribution in [3.8, 4) is 0 Å². The van der Waals surface area contributed by atoms with Crippen molar-refractivity contribution in [1.29, 1.82) is 0 Å². The zero-order valence-corrected chi connectivity index (χ0v) is 25.8. The van der Waals surface area contributed by atoms with Gasteiger partial charge in [-0.3, -0.25) is 0 Å². The Bertz CT molecular complexity index is 225. The van der Waals surface area contributed by atoms with Gasteiger partial charge in [-0.15, -0.1) is 23.8 Å². The first-order valence-electron chi connectivity index (χ1n) is 12.1. The summed E-state index contributed by atoms with van der Waals surface area (Å²) in [5.74, 6) is 0. The molecule has 4 heteroatoms. The van der Waals surface area contributed by atoms with Gasteiger partial charge >= 0.3 is 0 Å². The van der Waals surface area contributed by atoms with Gasteiger partial charge in [0.05, 0.1) is 0 Å². The van der Waals surface area contributed by atoms with Gasteiger partial charge in [-0.05, 0) is 75.7 Å². The van der Waals surface area contributed by atoms with Crippen LogP contribution in [0.15, 0.2) is 0 Å². The van der Waals surface area contributed by atoms with Crippen LogP contribution in [-0.4, -0.2) is 56.5 Å². The van der Waals surface area contributed by atoms with E-state index in [-0.39, 0.29) is 9.90 Å². The van der Waals surface area contributed by atoms with Gasteiger partial charge in [0.25, 0.3) is 0 Å². The van der Waals surface area contributed by atoms with E-state index in [0.717, 1.165) is 0 Å². The van der Waals surface area contributed by atoms with E-state index in [1.54, 1.807) is 0 Å². The Hall–Kier alpha value is 1.72. The third-order valence-electron chi connectivity index (χ3n) is 4.59. The highest BCUT2D eigenvalue weighted by atomic mass is 31.1. The maximum Gasteiger partial charge on any atom is -0.0326 e. The summed E-state index contributed by atoms with van der Waals surface area (Å²) < 4.78 is 0. The lowest BCUT2D eigenvalue weighted by Gasteiger charge is -2.14. The Morgan fingerprint density at radius 2 is 0.786 bits per heavy atom. The van der Waals surface area contributed by atoms with E-state index < -0.39 is 0 Å². The van der Waals surface area contributed by atoms with Crippen LogP contribution in [0.4, 0.5) is 0 Å². The molecule has 28 heavy (non-hydrogen) atoms. The molecule has 0 radical (unpaired) electrons. The van der Waals surface area contributed by atoms with Gasteiger partial charge in [-0.2, -0.15) is 9.90 Å². The van der Waals surface area contributed by atoms with Gasteiger partial charge in [-0.1, -0.05) is 80.6 Å². The molecule has 0 saturated carbocycles. The average molecular weight is 473 g/mol. The summed E-state index contributed by atoms with van der Waals surface area (Å²) in [5.41, 5.74) is 0. The van der Waals surface area contributed by atoms with Crippen LogP contribution < -0.4 is 0 Å². The second-order valence-electron chi connectivity index (χ2n) is 7.73. The molecule has 0 aliphatic rings. The average Bonchev–Trinajstić information content (AvgIpc) is 2.66. The standard InChI is InChI=1S/C10H23P.C8H19P.C6H15P.H3P/c1-4-7-10-11(8-5-2)9-6-3;1-4-7-8-9(5-2)6-3;1-4-5-6-7(2)3;/h4-10H2,1-3H3;4-8H2,1-3H3;4-6H2,1-3H3;1H3. The molecule has 0 N–H and O–H groups in total. The molecule has 1 unspecified atom stereocenters. The zero-order chi connectivity index (χ0) is 21.3. The molecule has 0 rings (SSSR count). The quantitative estimate of drug-likeness (QED) is 0.208. The normalized spacial score (nSPS) is 10.3. The van der Waals surface area contributed by atoms with Crippen molar-refractivity contribution in [1.82, 2.24) is 0 Å². The van der Waals surface area contributed by atoms with Gasteiger partial charge in [-0.25, -0.2) is 0 Å². The van der Waals surface area contributed by atoms with E-state index >= 15 is 0 Å². The monoisotopic (exact) mass is 472 g/mol. The minimum absolute atomic E-state index is 0. The van der Waals surface area contributed by atoms with Gasteiger partial charge in [0.15, 0.2) is 0 Å². The first kappa shape index (κ1) is 37.1. The highest BCUT2D eigenvalue weighted by Gasteiger charge is 2.03. The maximum absolute atomic E-state index is 2.34. The Morgan fingerprint density at radius 3 is 1.04 bits per heavy atom. The summed E-state index contributed by atoms with van der Waals surface area (Å²) in [5, 5.41) is 0. The summed E-state index contributed by atoms with van der Waals surface area (Å²) in [7, 11) is 1.26. The van der Waals surface area contributed by atoms with Crippen LogP contribution in [0.1, 0.15) is 99.8 Å². The van der Waals surface area contributed by atoms with Crippen LogP contribution in [-0.2, 0) is 0 Å². The summed E-state index contributed by atoms with van der Waals surface area (Å²) in [6.45, 7) is 20.8. The predicted molar refractivity (Wildman–Crippen MR) is 154 cm³/mol. The third-order valence-corrected chi connectivity index (χ3v) is 11.6. The number of hydrogen-bond donors (Lipinski definition) is 0. The second kappa shape index (κ2) is 33.4. The smallest absolute Gasteiger partial charge is 0.0326 e. The van der Waals surface area contributed by atoms with Crippen LogP contribution in [0.25, 0.3) is 0 Å². The van der Waals surface area contributed by atoms with Crippen molar-refractivity contribution in [2.45, 2.75) is 99.8 Å². The van der Waals surface area contributed by atoms with Crippen molar-refractivity contribution >= 4 is 33.7 Å². The summed E-state index contributed by atoms with van der Waals surface area (Å²) in [4.78, 5) is 0. The summed E-state index contributed by atoms with van der Waals surface area (Å²) >= 11 is 0.